The van der Waals surface area contributed by atoms with E-state index in [1.807, 2.05) is 13.8 Å². The number of aromatic nitrogens is 3. The summed E-state index contributed by atoms with van der Waals surface area (Å²) in [6.07, 6.45) is 1.86. The number of nitrogens with one attached hydrogen (secondary N) is 2. The number of hydrogen-bond donors (Lipinski definition) is 2. The molecule has 102 valence electrons. The molecule has 1 heterocycles. The van der Waals surface area contributed by atoms with Gasteiger partial charge in [-0.05, 0) is 6.42 Å². The van der Waals surface area contributed by atoms with Crippen LogP contribution in [-0.4, -0.2) is 40.8 Å². The number of rotatable bonds is 7. The van der Waals surface area contributed by atoms with E-state index in [1.165, 1.54) is 0 Å². The highest BCUT2D eigenvalue weighted by atomic mass is 16.5. The first kappa shape index (κ1) is 14.6. The van der Waals surface area contributed by atoms with Gasteiger partial charge in [0.25, 0.3) is 5.91 Å². The molecule has 1 aromatic rings. The summed E-state index contributed by atoms with van der Waals surface area (Å²) in [6.45, 7) is 6.56. The fourth-order valence-electron chi connectivity index (χ4n) is 1.63. The summed E-state index contributed by atoms with van der Waals surface area (Å²) in [6, 6.07) is 0.00787. The fourth-order valence-corrected chi connectivity index (χ4v) is 1.63. The van der Waals surface area contributed by atoms with E-state index < -0.39 is 0 Å². The second-order valence-electron chi connectivity index (χ2n) is 4.61. The summed E-state index contributed by atoms with van der Waals surface area (Å²) < 4.78 is 5.07. The summed E-state index contributed by atoms with van der Waals surface area (Å²) >= 11 is 0. The SMILES string of the molecule is CCCC(COC)NC(=O)c1n[nH]c(C(C)C)n1. The van der Waals surface area contributed by atoms with E-state index in [0.29, 0.717) is 6.61 Å². The Morgan fingerprint density at radius 1 is 1.50 bits per heavy atom. The first-order chi connectivity index (χ1) is 8.58. The Morgan fingerprint density at radius 2 is 2.22 bits per heavy atom. The molecule has 0 aliphatic carbocycles. The molecule has 1 aromatic heterocycles. The minimum absolute atomic E-state index is 0.00787. The van der Waals surface area contributed by atoms with Crippen LogP contribution in [0.25, 0.3) is 0 Å². The summed E-state index contributed by atoms with van der Waals surface area (Å²) in [5.74, 6) is 0.882. The van der Waals surface area contributed by atoms with Crippen molar-refractivity contribution in [1.82, 2.24) is 20.5 Å². The Bertz CT molecular complexity index is 370. The smallest absolute Gasteiger partial charge is 0.291 e. The van der Waals surface area contributed by atoms with Crippen LogP contribution in [-0.2, 0) is 4.74 Å². The molecular weight excluding hydrogens is 232 g/mol. The number of ether oxygens (including phenoxy) is 1. The molecule has 0 spiro atoms. The Balaban J connectivity index is 2.61. The van der Waals surface area contributed by atoms with Gasteiger partial charge in [-0.2, -0.15) is 0 Å². The lowest BCUT2D eigenvalue weighted by molar-refractivity contribution is 0.0881. The van der Waals surface area contributed by atoms with Gasteiger partial charge in [0.15, 0.2) is 0 Å². The molecule has 0 saturated carbocycles. The molecule has 0 aliphatic heterocycles. The second kappa shape index (κ2) is 7.10. The predicted octanol–water partition coefficient (Wildman–Crippen LogP) is 1.47. The number of amides is 1. The van der Waals surface area contributed by atoms with E-state index in [9.17, 15) is 4.79 Å². The summed E-state index contributed by atoms with van der Waals surface area (Å²) in [5.41, 5.74) is 0. The lowest BCUT2D eigenvalue weighted by atomic mass is 10.2. The number of hydrogen-bond acceptors (Lipinski definition) is 4. The Hall–Kier alpha value is -1.43. The average Bonchev–Trinajstić information content (AvgIpc) is 2.79. The molecule has 0 bridgehead atoms. The van der Waals surface area contributed by atoms with Crippen LogP contribution >= 0.6 is 0 Å². The molecule has 1 atom stereocenters. The van der Waals surface area contributed by atoms with Crippen molar-refractivity contribution in [3.63, 3.8) is 0 Å². The topological polar surface area (TPSA) is 79.9 Å². The normalized spacial score (nSPS) is 12.7. The largest absolute Gasteiger partial charge is 0.383 e. The first-order valence-electron chi connectivity index (χ1n) is 6.30. The van der Waals surface area contributed by atoms with Crippen molar-refractivity contribution in [2.24, 2.45) is 0 Å². The zero-order valence-electron chi connectivity index (χ0n) is 11.5. The minimum atomic E-state index is -0.256. The second-order valence-corrected chi connectivity index (χ2v) is 4.61. The molecular formula is C12H22N4O2. The molecule has 0 radical (unpaired) electrons. The maximum atomic E-state index is 11.9. The van der Waals surface area contributed by atoms with Crippen molar-refractivity contribution in [1.29, 1.82) is 0 Å². The van der Waals surface area contributed by atoms with Crippen LogP contribution in [0.15, 0.2) is 0 Å². The number of carbonyl (C=O) groups is 1. The predicted molar refractivity (Wildman–Crippen MR) is 68.5 cm³/mol. The minimum Gasteiger partial charge on any atom is -0.383 e. The van der Waals surface area contributed by atoms with Crippen LogP contribution in [0.3, 0.4) is 0 Å². The molecule has 0 fully saturated rings. The molecule has 0 saturated heterocycles. The van der Waals surface area contributed by atoms with Crippen LogP contribution in [0.1, 0.15) is 56.0 Å². The first-order valence-corrected chi connectivity index (χ1v) is 6.30. The Morgan fingerprint density at radius 3 is 2.72 bits per heavy atom. The van der Waals surface area contributed by atoms with Gasteiger partial charge in [0.1, 0.15) is 5.82 Å². The summed E-state index contributed by atoms with van der Waals surface area (Å²) in [4.78, 5) is 16.1. The highest BCUT2D eigenvalue weighted by Gasteiger charge is 2.17. The quantitative estimate of drug-likeness (QED) is 0.772. The van der Waals surface area contributed by atoms with E-state index in [0.717, 1.165) is 18.7 Å². The van der Waals surface area contributed by atoms with Crippen molar-refractivity contribution in [3.05, 3.63) is 11.6 Å². The lowest BCUT2D eigenvalue weighted by Gasteiger charge is -2.15. The molecule has 1 unspecified atom stereocenters. The van der Waals surface area contributed by atoms with E-state index in [-0.39, 0.29) is 23.7 Å². The molecule has 6 nitrogen and oxygen atoms in total. The third kappa shape index (κ3) is 4.10. The van der Waals surface area contributed by atoms with Gasteiger partial charge in [-0.25, -0.2) is 4.98 Å². The number of H-pyrrole nitrogens is 1. The maximum Gasteiger partial charge on any atom is 0.291 e. The van der Waals surface area contributed by atoms with Gasteiger partial charge in [0.2, 0.25) is 5.82 Å². The van der Waals surface area contributed by atoms with Gasteiger partial charge in [-0.3, -0.25) is 9.89 Å². The van der Waals surface area contributed by atoms with Crippen molar-refractivity contribution >= 4 is 5.91 Å². The van der Waals surface area contributed by atoms with Crippen molar-refractivity contribution in [3.8, 4) is 0 Å². The van der Waals surface area contributed by atoms with Crippen LogP contribution < -0.4 is 5.32 Å². The maximum absolute atomic E-state index is 11.9. The van der Waals surface area contributed by atoms with E-state index in [2.05, 4.69) is 27.4 Å². The number of carbonyl (C=O) groups excluding carboxylic acids is 1. The van der Waals surface area contributed by atoms with Gasteiger partial charge < -0.3 is 10.1 Å². The number of aromatic amines is 1. The highest BCUT2D eigenvalue weighted by Crippen LogP contribution is 2.07. The molecule has 18 heavy (non-hydrogen) atoms. The molecule has 1 amide bonds. The van der Waals surface area contributed by atoms with Crippen LogP contribution in [0.5, 0.6) is 0 Å². The molecule has 1 rings (SSSR count). The molecule has 2 N–H and O–H groups in total. The van der Waals surface area contributed by atoms with Crippen LogP contribution in [0.2, 0.25) is 0 Å². The van der Waals surface area contributed by atoms with Gasteiger partial charge in [0.05, 0.1) is 12.6 Å². The lowest BCUT2D eigenvalue weighted by Crippen LogP contribution is -2.38. The third-order valence-corrected chi connectivity index (χ3v) is 2.59. The van der Waals surface area contributed by atoms with E-state index in [4.69, 9.17) is 4.74 Å². The summed E-state index contributed by atoms with van der Waals surface area (Å²) in [5, 5.41) is 9.57. The fraction of sp³-hybridized carbons (Fsp3) is 0.750. The van der Waals surface area contributed by atoms with Gasteiger partial charge in [-0.1, -0.05) is 27.2 Å². The molecule has 0 aliphatic rings. The van der Waals surface area contributed by atoms with Gasteiger partial charge in [0, 0.05) is 13.0 Å². The Labute approximate surface area is 108 Å². The van der Waals surface area contributed by atoms with Crippen molar-refractivity contribution in [2.45, 2.75) is 45.6 Å². The average molecular weight is 254 g/mol. The summed E-state index contributed by atoms with van der Waals surface area (Å²) in [7, 11) is 1.62. The number of methoxy groups -OCH3 is 1. The van der Waals surface area contributed by atoms with E-state index in [1.54, 1.807) is 7.11 Å². The van der Waals surface area contributed by atoms with Gasteiger partial charge in [-0.15, -0.1) is 5.10 Å². The monoisotopic (exact) mass is 254 g/mol. The van der Waals surface area contributed by atoms with Crippen LogP contribution in [0, 0.1) is 0 Å². The van der Waals surface area contributed by atoms with Crippen LogP contribution in [0.4, 0.5) is 0 Å². The van der Waals surface area contributed by atoms with Gasteiger partial charge >= 0.3 is 0 Å². The van der Waals surface area contributed by atoms with Crippen molar-refractivity contribution < 1.29 is 9.53 Å². The highest BCUT2D eigenvalue weighted by molar-refractivity contribution is 5.90. The van der Waals surface area contributed by atoms with Crippen molar-refractivity contribution in [2.75, 3.05) is 13.7 Å². The molecule has 0 aromatic carbocycles. The molecule has 6 heteroatoms. The Kier molecular flexibility index (Phi) is 5.77. The third-order valence-electron chi connectivity index (χ3n) is 2.59. The zero-order valence-corrected chi connectivity index (χ0v) is 11.5. The standard InChI is InChI=1S/C12H22N4O2/c1-5-6-9(7-18-4)13-12(17)11-14-10(8(2)3)15-16-11/h8-9H,5-7H2,1-4H3,(H,13,17)(H,14,15,16). The van der Waals surface area contributed by atoms with E-state index >= 15 is 0 Å². The number of nitrogens with zero attached hydrogens (tertiary/aromatic N) is 2. The zero-order chi connectivity index (χ0) is 13.5.